The summed E-state index contributed by atoms with van der Waals surface area (Å²) in [6.45, 7) is 10.0. The molecule has 1 amide bonds. The molecule has 0 aromatic rings. The summed E-state index contributed by atoms with van der Waals surface area (Å²) in [6.07, 6.45) is 3.23. The summed E-state index contributed by atoms with van der Waals surface area (Å²) in [5.74, 6) is 0.571. The van der Waals surface area contributed by atoms with Crippen molar-refractivity contribution >= 4 is 5.91 Å². The van der Waals surface area contributed by atoms with E-state index in [9.17, 15) is 4.79 Å². The van der Waals surface area contributed by atoms with Gasteiger partial charge in [-0.2, -0.15) is 5.11 Å². The fraction of sp³-hybridized carbons (Fsp3) is 0.929. The van der Waals surface area contributed by atoms with E-state index >= 15 is 0 Å². The highest BCUT2D eigenvalue weighted by Gasteiger charge is 2.19. The van der Waals surface area contributed by atoms with Crippen molar-refractivity contribution in [2.75, 3.05) is 19.7 Å². The lowest BCUT2D eigenvalue weighted by Gasteiger charge is -2.26. The molecule has 0 aromatic carbocycles. The Kier molecular flexibility index (Phi) is 9.39. The number of unbranched alkanes of at least 4 members (excludes halogenated alkanes) is 2. The van der Waals surface area contributed by atoms with Gasteiger partial charge in [-0.15, -0.1) is 0 Å². The van der Waals surface area contributed by atoms with Crippen LogP contribution in [0, 0.1) is 11.4 Å². The minimum Gasteiger partial charge on any atom is -0.373 e. The molecular formula is C14H29N3O2. The molecule has 5 nitrogen and oxygen atoms in total. The Bertz CT molecular complexity index is 265. The van der Waals surface area contributed by atoms with E-state index in [0.29, 0.717) is 32.0 Å². The molecular weight excluding hydrogens is 242 g/mol. The molecule has 0 saturated heterocycles. The number of nitrogens with one attached hydrogen (secondary N) is 2. The number of rotatable bonds is 11. The van der Waals surface area contributed by atoms with Crippen molar-refractivity contribution in [3.8, 4) is 0 Å². The second kappa shape index (κ2) is 9.89. The molecule has 5 heteroatoms. The van der Waals surface area contributed by atoms with Crippen LogP contribution in [0.5, 0.6) is 0 Å². The summed E-state index contributed by atoms with van der Waals surface area (Å²) in [6, 6.07) is 0. The molecule has 0 unspecified atom stereocenters. The van der Waals surface area contributed by atoms with Crippen molar-refractivity contribution in [3.63, 3.8) is 0 Å². The van der Waals surface area contributed by atoms with Gasteiger partial charge in [0.2, 0.25) is 5.91 Å². The minimum absolute atomic E-state index is 0.0732. The molecule has 0 aliphatic heterocycles. The summed E-state index contributed by atoms with van der Waals surface area (Å²) in [5.41, 5.74) is 6.34. The van der Waals surface area contributed by atoms with Gasteiger partial charge in [-0.1, -0.05) is 20.3 Å². The molecule has 0 spiro atoms. The lowest BCUT2D eigenvalue weighted by atomic mass is 10.1. The molecule has 0 saturated carbocycles. The second-order valence-electron chi connectivity index (χ2n) is 5.93. The van der Waals surface area contributed by atoms with Crippen LogP contribution in [0.1, 0.15) is 53.4 Å². The Morgan fingerprint density at radius 2 is 2.00 bits per heavy atom. The number of hydrogen-bond acceptors (Lipinski definition) is 4. The van der Waals surface area contributed by atoms with E-state index in [1.165, 1.54) is 0 Å². The van der Waals surface area contributed by atoms with Crippen LogP contribution in [0.3, 0.4) is 0 Å². The zero-order valence-corrected chi connectivity index (χ0v) is 12.8. The summed E-state index contributed by atoms with van der Waals surface area (Å²) < 4.78 is 5.75. The average molecular weight is 271 g/mol. The third-order valence-electron chi connectivity index (χ3n) is 2.69. The van der Waals surface area contributed by atoms with Crippen LogP contribution in [0.2, 0.25) is 0 Å². The third-order valence-corrected chi connectivity index (χ3v) is 2.69. The maximum Gasteiger partial charge on any atom is 0.220 e. The molecule has 0 aliphatic carbocycles. The molecule has 0 aliphatic rings. The molecule has 0 heterocycles. The van der Waals surface area contributed by atoms with E-state index in [1.54, 1.807) is 0 Å². The lowest BCUT2D eigenvalue weighted by molar-refractivity contribution is -0.123. The van der Waals surface area contributed by atoms with Crippen LogP contribution >= 0.6 is 0 Å². The van der Waals surface area contributed by atoms with E-state index in [2.05, 4.69) is 24.3 Å². The zero-order valence-electron chi connectivity index (χ0n) is 12.8. The smallest absolute Gasteiger partial charge is 0.220 e. The topological polar surface area (TPSA) is 74.5 Å². The number of ether oxygens (including phenoxy) is 1. The average Bonchev–Trinajstić information content (AvgIpc) is 2.34. The minimum atomic E-state index is -0.315. The van der Waals surface area contributed by atoms with Crippen LogP contribution in [0.25, 0.3) is 0 Å². The van der Waals surface area contributed by atoms with Gasteiger partial charge in [0, 0.05) is 19.6 Å². The Labute approximate surface area is 117 Å². The molecule has 0 bridgehead atoms. The molecule has 0 radical (unpaired) electrons. The number of hydrogen-bond donors (Lipinski definition) is 2. The van der Waals surface area contributed by atoms with Gasteiger partial charge >= 0.3 is 0 Å². The fourth-order valence-electron chi connectivity index (χ4n) is 1.50. The number of nitrogens with zero attached hydrogens (tertiary/aromatic N) is 1. The quantitative estimate of drug-likeness (QED) is 0.447. The highest BCUT2D eigenvalue weighted by molar-refractivity contribution is 5.75. The first-order chi connectivity index (χ1) is 8.87. The highest BCUT2D eigenvalue weighted by Crippen LogP contribution is 2.10. The van der Waals surface area contributed by atoms with E-state index in [4.69, 9.17) is 10.3 Å². The summed E-state index contributed by atoms with van der Waals surface area (Å²) in [5, 5.41) is 6.20. The first kappa shape index (κ1) is 18.0. The van der Waals surface area contributed by atoms with Gasteiger partial charge in [0.15, 0.2) is 0 Å². The predicted octanol–water partition coefficient (Wildman–Crippen LogP) is 3.15. The van der Waals surface area contributed by atoms with E-state index in [-0.39, 0.29) is 11.5 Å². The van der Waals surface area contributed by atoms with Gasteiger partial charge in [-0.05, 0) is 32.6 Å². The normalized spacial score (nSPS) is 11.6. The molecule has 2 N–H and O–H groups in total. The Morgan fingerprint density at radius 3 is 2.58 bits per heavy atom. The first-order valence-corrected chi connectivity index (χ1v) is 7.11. The second-order valence-corrected chi connectivity index (χ2v) is 5.93. The van der Waals surface area contributed by atoms with Crippen molar-refractivity contribution in [1.29, 1.82) is 5.53 Å². The van der Waals surface area contributed by atoms with E-state index in [0.717, 1.165) is 19.3 Å². The van der Waals surface area contributed by atoms with Crippen molar-refractivity contribution < 1.29 is 9.53 Å². The van der Waals surface area contributed by atoms with Crippen molar-refractivity contribution in [3.05, 3.63) is 0 Å². The van der Waals surface area contributed by atoms with Crippen molar-refractivity contribution in [1.82, 2.24) is 5.32 Å². The lowest BCUT2D eigenvalue weighted by Crippen LogP contribution is -2.41. The molecule has 0 aromatic heterocycles. The Balaban J connectivity index is 3.67. The summed E-state index contributed by atoms with van der Waals surface area (Å²) in [4.78, 5) is 11.6. The summed E-state index contributed by atoms with van der Waals surface area (Å²) in [7, 11) is 0. The Hall–Kier alpha value is -0.970. The fourth-order valence-corrected chi connectivity index (χ4v) is 1.50. The van der Waals surface area contributed by atoms with Gasteiger partial charge in [0.25, 0.3) is 0 Å². The van der Waals surface area contributed by atoms with Gasteiger partial charge < -0.3 is 10.1 Å². The summed E-state index contributed by atoms with van der Waals surface area (Å²) >= 11 is 0. The molecule has 112 valence electrons. The van der Waals surface area contributed by atoms with Gasteiger partial charge in [0.05, 0.1) is 12.1 Å². The Morgan fingerprint density at radius 1 is 1.32 bits per heavy atom. The molecule has 0 fully saturated rings. The molecule has 0 atom stereocenters. The first-order valence-electron chi connectivity index (χ1n) is 7.11. The van der Waals surface area contributed by atoms with Crippen molar-refractivity contribution in [2.24, 2.45) is 11.0 Å². The van der Waals surface area contributed by atoms with Gasteiger partial charge in [0.1, 0.15) is 0 Å². The van der Waals surface area contributed by atoms with Crippen LogP contribution in [-0.4, -0.2) is 31.2 Å². The van der Waals surface area contributed by atoms with E-state index < -0.39 is 0 Å². The van der Waals surface area contributed by atoms with E-state index in [1.807, 2.05) is 13.8 Å². The SMILES string of the molecule is CC(C)COC(C)(C)CNC(=O)CCCCCN=N. The van der Waals surface area contributed by atoms with Crippen LogP contribution in [-0.2, 0) is 9.53 Å². The number of carbonyl (C=O) groups is 1. The zero-order chi connectivity index (χ0) is 14.7. The largest absolute Gasteiger partial charge is 0.373 e. The van der Waals surface area contributed by atoms with Gasteiger partial charge in [-0.3, -0.25) is 4.79 Å². The standard InChI is InChI=1S/C14H29N3O2/c1-12(2)10-19-14(3,4)11-16-13(18)8-6-5-7-9-17-15/h12,15H,5-11H2,1-4H3,(H,16,18). The maximum atomic E-state index is 11.6. The van der Waals surface area contributed by atoms with Crippen molar-refractivity contribution in [2.45, 2.75) is 59.0 Å². The maximum absolute atomic E-state index is 11.6. The highest BCUT2D eigenvalue weighted by atomic mass is 16.5. The monoisotopic (exact) mass is 271 g/mol. The number of amides is 1. The van der Waals surface area contributed by atoms with Crippen LogP contribution in [0.15, 0.2) is 5.11 Å². The third kappa shape index (κ3) is 11.8. The van der Waals surface area contributed by atoms with Gasteiger partial charge in [-0.25, -0.2) is 5.53 Å². The molecule has 0 rings (SSSR count). The van der Waals surface area contributed by atoms with Crippen LogP contribution < -0.4 is 5.32 Å². The number of carbonyl (C=O) groups excluding carboxylic acids is 1. The predicted molar refractivity (Wildman–Crippen MR) is 76.4 cm³/mol. The van der Waals surface area contributed by atoms with Crippen LogP contribution in [0.4, 0.5) is 0 Å². The molecule has 19 heavy (non-hydrogen) atoms.